The molecular formula is C8H11ClN2S. The van der Waals surface area contributed by atoms with Crippen molar-refractivity contribution in [3.05, 3.63) is 21.3 Å². The third kappa shape index (κ3) is 2.50. The maximum atomic E-state index is 7.13. The van der Waals surface area contributed by atoms with Crippen molar-refractivity contribution in [1.82, 2.24) is 0 Å². The molecule has 66 valence electrons. The van der Waals surface area contributed by atoms with Crippen molar-refractivity contribution in [2.45, 2.75) is 19.3 Å². The number of hydrogen-bond acceptors (Lipinski definition) is 2. The molecule has 4 heteroatoms. The summed E-state index contributed by atoms with van der Waals surface area (Å²) in [5.74, 6) is 0.534. The lowest BCUT2D eigenvalue weighted by atomic mass is 10.1. The van der Waals surface area contributed by atoms with E-state index in [2.05, 4.69) is 0 Å². The van der Waals surface area contributed by atoms with Gasteiger partial charge in [0.25, 0.3) is 0 Å². The number of nitrogens with one attached hydrogen (secondary N) is 1. The van der Waals surface area contributed by atoms with E-state index >= 15 is 0 Å². The second-order valence-corrected chi connectivity index (χ2v) is 4.52. The fourth-order valence-corrected chi connectivity index (χ4v) is 2.14. The van der Waals surface area contributed by atoms with E-state index < -0.39 is 0 Å². The number of amidine groups is 1. The molecule has 2 nitrogen and oxygen atoms in total. The number of hydrogen-bond donors (Lipinski definition) is 2. The van der Waals surface area contributed by atoms with Gasteiger partial charge in [0.05, 0.1) is 10.2 Å². The van der Waals surface area contributed by atoms with E-state index in [1.54, 1.807) is 11.3 Å². The number of thiophene rings is 1. The van der Waals surface area contributed by atoms with Gasteiger partial charge in [0.15, 0.2) is 0 Å². The molecule has 1 atom stereocenters. The minimum absolute atomic E-state index is 0.229. The summed E-state index contributed by atoms with van der Waals surface area (Å²) >= 11 is 7.33. The molecule has 0 aliphatic rings. The predicted molar refractivity (Wildman–Crippen MR) is 54.3 cm³/mol. The van der Waals surface area contributed by atoms with Gasteiger partial charge in [-0.15, -0.1) is 11.3 Å². The van der Waals surface area contributed by atoms with Crippen molar-refractivity contribution in [2.24, 2.45) is 5.73 Å². The first-order chi connectivity index (χ1) is 5.59. The number of halogens is 1. The largest absolute Gasteiger partial charge is 0.388 e. The molecule has 1 rings (SSSR count). The monoisotopic (exact) mass is 202 g/mol. The van der Waals surface area contributed by atoms with Crippen LogP contribution in [0.1, 0.15) is 24.1 Å². The van der Waals surface area contributed by atoms with E-state index in [9.17, 15) is 0 Å². The predicted octanol–water partition coefficient (Wildman–Crippen LogP) is 2.83. The number of rotatable bonds is 3. The van der Waals surface area contributed by atoms with Gasteiger partial charge in [-0.25, -0.2) is 0 Å². The van der Waals surface area contributed by atoms with Crippen LogP contribution in [0, 0.1) is 5.41 Å². The summed E-state index contributed by atoms with van der Waals surface area (Å²) in [5.41, 5.74) is 5.29. The molecule has 1 aromatic heterocycles. The molecule has 0 fully saturated rings. The smallest absolute Gasteiger partial charge is 0.0931 e. The van der Waals surface area contributed by atoms with Crippen LogP contribution in [-0.2, 0) is 0 Å². The highest BCUT2D eigenvalue weighted by Gasteiger charge is 2.08. The summed E-state index contributed by atoms with van der Waals surface area (Å²) in [4.78, 5) is 1.19. The second kappa shape index (κ2) is 3.92. The highest BCUT2D eigenvalue weighted by molar-refractivity contribution is 7.16. The Morgan fingerprint density at radius 3 is 2.83 bits per heavy atom. The zero-order valence-corrected chi connectivity index (χ0v) is 8.38. The summed E-state index contributed by atoms with van der Waals surface area (Å²) in [6, 6.07) is 3.86. The molecule has 1 unspecified atom stereocenters. The third-order valence-corrected chi connectivity index (χ3v) is 3.07. The molecule has 1 heterocycles. The van der Waals surface area contributed by atoms with E-state index in [4.69, 9.17) is 22.7 Å². The minimum Gasteiger partial charge on any atom is -0.388 e. The van der Waals surface area contributed by atoms with Crippen molar-refractivity contribution in [3.8, 4) is 0 Å². The van der Waals surface area contributed by atoms with Crippen LogP contribution in [0.25, 0.3) is 0 Å². The van der Waals surface area contributed by atoms with Crippen molar-refractivity contribution in [2.75, 3.05) is 0 Å². The van der Waals surface area contributed by atoms with Crippen molar-refractivity contribution in [1.29, 1.82) is 5.41 Å². The highest BCUT2D eigenvalue weighted by Crippen LogP contribution is 2.29. The van der Waals surface area contributed by atoms with Gasteiger partial charge in [0.1, 0.15) is 0 Å². The maximum absolute atomic E-state index is 7.13. The van der Waals surface area contributed by atoms with Gasteiger partial charge in [-0.1, -0.05) is 18.5 Å². The molecule has 0 aliphatic heterocycles. The van der Waals surface area contributed by atoms with Crippen LogP contribution in [-0.4, -0.2) is 5.84 Å². The molecule has 12 heavy (non-hydrogen) atoms. The Labute approximate surface area is 80.9 Å². The molecule has 3 N–H and O–H groups in total. The molecule has 0 bridgehead atoms. The highest BCUT2D eigenvalue weighted by atomic mass is 35.5. The van der Waals surface area contributed by atoms with Crippen molar-refractivity contribution >= 4 is 28.8 Å². The zero-order chi connectivity index (χ0) is 9.14. The Kier molecular flexibility index (Phi) is 3.12. The maximum Gasteiger partial charge on any atom is 0.0931 e. The fourth-order valence-electron chi connectivity index (χ4n) is 1.02. The van der Waals surface area contributed by atoms with E-state index in [1.807, 2.05) is 19.1 Å². The molecule has 0 spiro atoms. The van der Waals surface area contributed by atoms with E-state index in [-0.39, 0.29) is 5.84 Å². The number of nitrogens with two attached hydrogens (primary N) is 1. The first-order valence-electron chi connectivity index (χ1n) is 3.67. The molecule has 0 saturated heterocycles. The van der Waals surface area contributed by atoms with Crippen molar-refractivity contribution in [3.63, 3.8) is 0 Å². The lowest BCUT2D eigenvalue weighted by Crippen LogP contribution is -2.12. The summed E-state index contributed by atoms with van der Waals surface area (Å²) in [7, 11) is 0. The van der Waals surface area contributed by atoms with Crippen LogP contribution < -0.4 is 5.73 Å². The quantitative estimate of drug-likeness (QED) is 0.575. The second-order valence-electron chi connectivity index (χ2n) is 2.77. The standard InChI is InChI=1S/C8H11ClN2S/c1-5(4-8(10)11)6-2-3-7(9)12-6/h2-3,5H,4H2,1H3,(H3,10,11). The van der Waals surface area contributed by atoms with Crippen LogP contribution in [0.4, 0.5) is 0 Å². The minimum atomic E-state index is 0.229. The van der Waals surface area contributed by atoms with Crippen LogP contribution in [0.5, 0.6) is 0 Å². The summed E-state index contributed by atoms with van der Waals surface area (Å²) in [6.45, 7) is 2.05. The SMILES string of the molecule is CC(CC(=N)N)c1ccc(Cl)s1. The van der Waals surface area contributed by atoms with E-state index in [0.717, 1.165) is 4.34 Å². The Hall–Kier alpha value is -0.540. The van der Waals surface area contributed by atoms with Crippen LogP contribution >= 0.6 is 22.9 Å². The Morgan fingerprint density at radius 2 is 2.42 bits per heavy atom. The van der Waals surface area contributed by atoms with Gasteiger partial charge in [0, 0.05) is 11.3 Å². The molecule has 0 amide bonds. The van der Waals surface area contributed by atoms with Gasteiger partial charge < -0.3 is 5.73 Å². The van der Waals surface area contributed by atoms with Gasteiger partial charge in [-0.2, -0.15) is 0 Å². The third-order valence-electron chi connectivity index (χ3n) is 1.61. The summed E-state index contributed by atoms with van der Waals surface area (Å²) in [5, 5.41) is 7.13. The first kappa shape index (κ1) is 9.55. The molecule has 0 aromatic carbocycles. The van der Waals surface area contributed by atoms with Gasteiger partial charge in [0.2, 0.25) is 0 Å². The average Bonchev–Trinajstić information content (AvgIpc) is 2.34. The molecule has 0 saturated carbocycles. The summed E-state index contributed by atoms with van der Waals surface area (Å²) < 4.78 is 0.792. The lowest BCUT2D eigenvalue weighted by molar-refractivity contribution is 0.815. The van der Waals surface area contributed by atoms with Crippen LogP contribution in [0.3, 0.4) is 0 Å². The Morgan fingerprint density at radius 1 is 1.75 bits per heavy atom. The van der Waals surface area contributed by atoms with Gasteiger partial charge >= 0.3 is 0 Å². The molecular weight excluding hydrogens is 192 g/mol. The van der Waals surface area contributed by atoms with E-state index in [0.29, 0.717) is 12.3 Å². The molecule has 0 radical (unpaired) electrons. The van der Waals surface area contributed by atoms with E-state index in [1.165, 1.54) is 4.88 Å². The topological polar surface area (TPSA) is 49.9 Å². The molecule has 1 aromatic rings. The Bertz CT molecular complexity index is 282. The van der Waals surface area contributed by atoms with Gasteiger partial charge in [-0.05, 0) is 18.1 Å². The normalized spacial score (nSPS) is 12.8. The Balaban J connectivity index is 2.64. The van der Waals surface area contributed by atoms with Crippen LogP contribution in [0.2, 0.25) is 4.34 Å². The molecule has 0 aliphatic carbocycles. The van der Waals surface area contributed by atoms with Crippen LogP contribution in [0.15, 0.2) is 12.1 Å². The lowest BCUT2D eigenvalue weighted by Gasteiger charge is -2.06. The summed E-state index contributed by atoms with van der Waals surface area (Å²) in [6.07, 6.45) is 0.608. The average molecular weight is 203 g/mol. The van der Waals surface area contributed by atoms with Crippen molar-refractivity contribution < 1.29 is 0 Å². The van der Waals surface area contributed by atoms with Gasteiger partial charge in [-0.3, -0.25) is 5.41 Å². The first-order valence-corrected chi connectivity index (χ1v) is 4.87. The zero-order valence-electron chi connectivity index (χ0n) is 6.80. The fraction of sp³-hybridized carbons (Fsp3) is 0.375.